The molecule has 8 heteroatoms. The maximum Gasteiger partial charge on any atom is 0.240 e. The number of ether oxygens (including phenoxy) is 1. The van der Waals surface area contributed by atoms with E-state index in [-0.39, 0.29) is 24.5 Å². The van der Waals surface area contributed by atoms with Gasteiger partial charge in [0.15, 0.2) is 0 Å². The van der Waals surface area contributed by atoms with Crippen molar-refractivity contribution in [2.24, 2.45) is 0 Å². The minimum atomic E-state index is -0.116. The van der Waals surface area contributed by atoms with E-state index < -0.39 is 0 Å². The first-order valence-corrected chi connectivity index (χ1v) is 7.87. The fraction of sp³-hybridized carbons (Fsp3) is 0.375. The van der Waals surface area contributed by atoms with Crippen LogP contribution in [-0.2, 0) is 16.1 Å². The Morgan fingerprint density at radius 3 is 3.08 bits per heavy atom. The van der Waals surface area contributed by atoms with Gasteiger partial charge in [0.2, 0.25) is 5.91 Å². The molecule has 24 heavy (non-hydrogen) atoms. The highest BCUT2D eigenvalue weighted by atomic mass is 16.5. The van der Waals surface area contributed by atoms with Crippen molar-refractivity contribution in [3.8, 4) is 0 Å². The maximum absolute atomic E-state index is 12.5. The summed E-state index contributed by atoms with van der Waals surface area (Å²) in [5.74, 6) is 0.753. The summed E-state index contributed by atoms with van der Waals surface area (Å²) in [5.41, 5.74) is 1.85. The van der Waals surface area contributed by atoms with E-state index in [1.807, 2.05) is 35.8 Å². The lowest BCUT2D eigenvalue weighted by Gasteiger charge is -2.19. The van der Waals surface area contributed by atoms with Crippen LogP contribution in [0.5, 0.6) is 0 Å². The number of carbonyl (C=O) groups excluding carboxylic acids is 1. The SMILES string of the molecule is Cc1nc2ccccc2n1CC(=O)N[C@H]1COC[C@H]1n1ccnn1. The minimum absolute atomic E-state index is 0.0305. The molecule has 1 aliphatic heterocycles. The van der Waals surface area contributed by atoms with Crippen LogP contribution in [0, 0.1) is 6.92 Å². The van der Waals surface area contributed by atoms with Crippen molar-refractivity contribution in [1.29, 1.82) is 0 Å². The molecule has 1 N–H and O–H groups in total. The number of aromatic nitrogens is 5. The Labute approximate surface area is 138 Å². The zero-order chi connectivity index (χ0) is 16.5. The molecule has 0 aliphatic carbocycles. The zero-order valence-electron chi connectivity index (χ0n) is 13.3. The van der Waals surface area contributed by atoms with E-state index in [0.717, 1.165) is 16.9 Å². The molecule has 0 saturated carbocycles. The number of hydrogen-bond donors (Lipinski definition) is 1. The van der Waals surface area contributed by atoms with Crippen LogP contribution in [-0.4, -0.2) is 49.7 Å². The third kappa shape index (κ3) is 2.65. The topological polar surface area (TPSA) is 86.9 Å². The number of carbonyl (C=O) groups is 1. The van der Waals surface area contributed by atoms with Crippen LogP contribution in [0.25, 0.3) is 11.0 Å². The lowest BCUT2D eigenvalue weighted by atomic mass is 10.2. The molecule has 3 aromatic rings. The quantitative estimate of drug-likeness (QED) is 0.762. The molecule has 2 atom stereocenters. The van der Waals surface area contributed by atoms with Crippen molar-refractivity contribution in [2.45, 2.75) is 25.6 Å². The number of amides is 1. The van der Waals surface area contributed by atoms with E-state index in [1.165, 1.54) is 0 Å². The monoisotopic (exact) mass is 326 g/mol. The molecule has 1 aromatic carbocycles. The molecule has 4 rings (SSSR count). The number of benzene rings is 1. The number of nitrogens with one attached hydrogen (secondary N) is 1. The second-order valence-electron chi connectivity index (χ2n) is 5.90. The Bertz CT molecular complexity index is 857. The van der Waals surface area contributed by atoms with Gasteiger partial charge in [0.25, 0.3) is 0 Å². The highest BCUT2D eigenvalue weighted by Gasteiger charge is 2.31. The third-order valence-corrected chi connectivity index (χ3v) is 4.32. The van der Waals surface area contributed by atoms with Gasteiger partial charge in [-0.25, -0.2) is 9.67 Å². The molecule has 1 saturated heterocycles. The Kier molecular flexibility index (Phi) is 3.73. The van der Waals surface area contributed by atoms with E-state index >= 15 is 0 Å². The summed E-state index contributed by atoms with van der Waals surface area (Å²) < 4.78 is 9.15. The Balaban J connectivity index is 1.49. The molecule has 0 radical (unpaired) electrons. The number of imidazole rings is 1. The number of hydrogen-bond acceptors (Lipinski definition) is 5. The molecule has 8 nitrogen and oxygen atoms in total. The summed E-state index contributed by atoms with van der Waals surface area (Å²) in [6, 6.07) is 7.66. The molecule has 1 amide bonds. The Morgan fingerprint density at radius 1 is 1.38 bits per heavy atom. The van der Waals surface area contributed by atoms with Crippen LogP contribution < -0.4 is 5.32 Å². The first-order chi connectivity index (χ1) is 11.7. The molecule has 0 spiro atoms. The number of para-hydroxylation sites is 2. The van der Waals surface area contributed by atoms with E-state index in [1.54, 1.807) is 17.1 Å². The number of aryl methyl sites for hydroxylation is 1. The van der Waals surface area contributed by atoms with Crippen LogP contribution >= 0.6 is 0 Å². The molecular weight excluding hydrogens is 308 g/mol. The standard InChI is InChI=1S/C16H18N6O2/c1-11-18-12-4-2-3-5-14(12)21(11)8-16(23)19-13-9-24-10-15(13)22-7-6-17-20-22/h2-7,13,15H,8-10H2,1H3,(H,19,23)/t13-,15+/m0/s1. The highest BCUT2D eigenvalue weighted by Crippen LogP contribution is 2.19. The summed E-state index contributed by atoms with van der Waals surface area (Å²) in [7, 11) is 0. The molecule has 0 bridgehead atoms. The average Bonchev–Trinajstić information content (AvgIpc) is 3.28. The predicted octanol–water partition coefficient (Wildman–Crippen LogP) is 0.693. The third-order valence-electron chi connectivity index (χ3n) is 4.32. The smallest absolute Gasteiger partial charge is 0.240 e. The van der Waals surface area contributed by atoms with Gasteiger partial charge in [0.1, 0.15) is 12.4 Å². The van der Waals surface area contributed by atoms with E-state index in [9.17, 15) is 4.79 Å². The number of fused-ring (bicyclic) bond motifs is 1. The van der Waals surface area contributed by atoms with Crippen molar-refractivity contribution < 1.29 is 9.53 Å². The van der Waals surface area contributed by atoms with Crippen molar-refractivity contribution in [3.05, 3.63) is 42.5 Å². The van der Waals surface area contributed by atoms with Crippen LogP contribution in [0.2, 0.25) is 0 Å². The summed E-state index contributed by atoms with van der Waals surface area (Å²) in [4.78, 5) is 17.0. The van der Waals surface area contributed by atoms with Gasteiger partial charge >= 0.3 is 0 Å². The summed E-state index contributed by atoms with van der Waals surface area (Å²) in [5, 5.41) is 10.9. The van der Waals surface area contributed by atoms with Gasteiger partial charge in [0.05, 0.1) is 42.5 Å². The summed E-state index contributed by atoms with van der Waals surface area (Å²) in [6.07, 6.45) is 3.41. The fourth-order valence-corrected chi connectivity index (χ4v) is 3.13. The Hall–Kier alpha value is -2.74. The van der Waals surface area contributed by atoms with Gasteiger partial charge in [-0.05, 0) is 19.1 Å². The second kappa shape index (κ2) is 6.04. The fourth-order valence-electron chi connectivity index (χ4n) is 3.13. The van der Waals surface area contributed by atoms with Crippen LogP contribution in [0.3, 0.4) is 0 Å². The van der Waals surface area contributed by atoms with Crippen molar-refractivity contribution >= 4 is 16.9 Å². The van der Waals surface area contributed by atoms with Gasteiger partial charge in [-0.1, -0.05) is 17.3 Å². The summed E-state index contributed by atoms with van der Waals surface area (Å²) >= 11 is 0. The average molecular weight is 326 g/mol. The number of nitrogens with zero attached hydrogens (tertiary/aromatic N) is 5. The highest BCUT2D eigenvalue weighted by molar-refractivity contribution is 5.81. The van der Waals surface area contributed by atoms with Gasteiger partial charge in [-0.3, -0.25) is 4.79 Å². The maximum atomic E-state index is 12.5. The van der Waals surface area contributed by atoms with Crippen LogP contribution in [0.4, 0.5) is 0 Å². The van der Waals surface area contributed by atoms with Crippen molar-refractivity contribution in [2.75, 3.05) is 13.2 Å². The molecule has 0 unspecified atom stereocenters. The van der Waals surface area contributed by atoms with Gasteiger partial charge in [-0.2, -0.15) is 0 Å². The van der Waals surface area contributed by atoms with Gasteiger partial charge < -0.3 is 14.6 Å². The van der Waals surface area contributed by atoms with Crippen molar-refractivity contribution in [3.63, 3.8) is 0 Å². The second-order valence-corrected chi connectivity index (χ2v) is 5.90. The molecular formula is C16H18N6O2. The predicted molar refractivity (Wildman–Crippen MR) is 86.3 cm³/mol. The lowest BCUT2D eigenvalue weighted by Crippen LogP contribution is -2.42. The van der Waals surface area contributed by atoms with Gasteiger partial charge in [0, 0.05) is 6.20 Å². The van der Waals surface area contributed by atoms with Crippen LogP contribution in [0.15, 0.2) is 36.7 Å². The van der Waals surface area contributed by atoms with Gasteiger partial charge in [-0.15, -0.1) is 5.10 Å². The van der Waals surface area contributed by atoms with Crippen molar-refractivity contribution in [1.82, 2.24) is 29.9 Å². The normalized spacial score (nSPS) is 20.5. The Morgan fingerprint density at radius 2 is 2.25 bits per heavy atom. The zero-order valence-corrected chi connectivity index (χ0v) is 13.3. The lowest BCUT2D eigenvalue weighted by molar-refractivity contribution is -0.122. The summed E-state index contributed by atoms with van der Waals surface area (Å²) in [6.45, 7) is 3.12. The van der Waals surface area contributed by atoms with E-state index in [0.29, 0.717) is 13.2 Å². The largest absolute Gasteiger partial charge is 0.377 e. The number of rotatable bonds is 4. The molecule has 3 heterocycles. The first kappa shape index (κ1) is 14.8. The molecule has 124 valence electrons. The van der Waals surface area contributed by atoms with Crippen LogP contribution in [0.1, 0.15) is 11.9 Å². The molecule has 1 fully saturated rings. The van der Waals surface area contributed by atoms with E-state index in [2.05, 4.69) is 20.6 Å². The van der Waals surface area contributed by atoms with E-state index in [4.69, 9.17) is 4.74 Å². The minimum Gasteiger partial charge on any atom is -0.377 e. The first-order valence-electron chi connectivity index (χ1n) is 7.87. The molecule has 2 aromatic heterocycles. The molecule has 1 aliphatic rings.